The molecular weight excluding hydrogens is 346 g/mol. The zero-order valence-corrected chi connectivity index (χ0v) is 13.6. The summed E-state index contributed by atoms with van der Waals surface area (Å²) in [4.78, 5) is 9.02. The third-order valence-electron chi connectivity index (χ3n) is 4.07. The average molecular weight is 360 g/mol. The highest BCUT2D eigenvalue weighted by molar-refractivity contribution is 9.10. The first-order chi connectivity index (χ1) is 10.6. The Morgan fingerprint density at radius 3 is 2.86 bits per heavy atom. The van der Waals surface area contributed by atoms with Crippen LogP contribution in [-0.2, 0) is 10.3 Å². The van der Waals surface area contributed by atoms with Crippen LogP contribution in [0.2, 0.25) is 0 Å². The molecule has 0 saturated carbocycles. The molecule has 1 spiro atoms. The van der Waals surface area contributed by atoms with Gasteiger partial charge in [0, 0.05) is 27.7 Å². The summed E-state index contributed by atoms with van der Waals surface area (Å²) >= 11 is 3.53. The number of nitrogens with two attached hydrogens (primary N) is 1. The van der Waals surface area contributed by atoms with Crippen molar-refractivity contribution >= 4 is 22.0 Å². The standard InChI is InChI=1S/C16H14BrN3O2/c1-9-6-11-14(8-19-9)22-13-3-2-10(17)7-12(13)16(11)4-5-21-15(18)20-16/h2-3,6-8H,4-5H2,1H3,(H2,18,20). The number of nitrogens with zero attached hydrogens (tertiary/aromatic N) is 2. The van der Waals surface area contributed by atoms with E-state index in [1.54, 1.807) is 6.20 Å². The molecule has 5 nitrogen and oxygen atoms in total. The van der Waals surface area contributed by atoms with E-state index in [0.29, 0.717) is 13.0 Å². The molecule has 0 aliphatic carbocycles. The number of hydrogen-bond acceptors (Lipinski definition) is 5. The first-order valence-electron chi connectivity index (χ1n) is 7.02. The molecule has 0 bridgehead atoms. The van der Waals surface area contributed by atoms with Gasteiger partial charge in [-0.15, -0.1) is 0 Å². The number of amidine groups is 1. The second-order valence-electron chi connectivity index (χ2n) is 5.47. The topological polar surface area (TPSA) is 69.7 Å². The van der Waals surface area contributed by atoms with Crippen molar-refractivity contribution in [2.75, 3.05) is 6.61 Å². The zero-order chi connectivity index (χ0) is 15.3. The number of benzene rings is 1. The van der Waals surface area contributed by atoms with E-state index in [2.05, 4.69) is 25.9 Å². The maximum atomic E-state index is 6.02. The van der Waals surface area contributed by atoms with Gasteiger partial charge in [-0.25, -0.2) is 4.99 Å². The number of halogens is 1. The van der Waals surface area contributed by atoms with Gasteiger partial charge in [-0.3, -0.25) is 4.98 Å². The van der Waals surface area contributed by atoms with E-state index in [1.165, 1.54) is 0 Å². The highest BCUT2D eigenvalue weighted by Gasteiger charge is 2.44. The predicted molar refractivity (Wildman–Crippen MR) is 86.2 cm³/mol. The summed E-state index contributed by atoms with van der Waals surface area (Å²) in [5, 5.41) is 0. The second kappa shape index (κ2) is 4.71. The van der Waals surface area contributed by atoms with Gasteiger partial charge in [-0.05, 0) is 31.2 Å². The molecule has 2 aliphatic rings. The molecule has 2 aromatic rings. The molecule has 0 radical (unpaired) electrons. The van der Waals surface area contributed by atoms with E-state index < -0.39 is 5.54 Å². The molecule has 2 N–H and O–H groups in total. The van der Waals surface area contributed by atoms with Crippen molar-refractivity contribution in [2.24, 2.45) is 10.7 Å². The molecule has 4 rings (SSSR count). The molecule has 1 unspecified atom stereocenters. The lowest BCUT2D eigenvalue weighted by atomic mass is 9.78. The van der Waals surface area contributed by atoms with Crippen molar-refractivity contribution in [1.29, 1.82) is 0 Å². The van der Waals surface area contributed by atoms with E-state index in [1.807, 2.05) is 31.2 Å². The number of pyridine rings is 1. The Kier molecular flexibility index (Phi) is 2.91. The molecule has 1 aromatic heterocycles. The Labute approximate surface area is 136 Å². The summed E-state index contributed by atoms with van der Waals surface area (Å²) in [7, 11) is 0. The van der Waals surface area contributed by atoms with E-state index in [4.69, 9.17) is 15.2 Å². The largest absolute Gasteiger partial charge is 0.465 e. The molecule has 2 aliphatic heterocycles. The van der Waals surface area contributed by atoms with Gasteiger partial charge in [-0.1, -0.05) is 15.9 Å². The monoisotopic (exact) mass is 359 g/mol. The molecule has 0 amide bonds. The van der Waals surface area contributed by atoms with Crippen molar-refractivity contribution in [3.8, 4) is 11.5 Å². The summed E-state index contributed by atoms with van der Waals surface area (Å²) in [5.41, 5.74) is 8.20. The Morgan fingerprint density at radius 1 is 1.23 bits per heavy atom. The van der Waals surface area contributed by atoms with Crippen molar-refractivity contribution in [3.63, 3.8) is 0 Å². The molecule has 1 atom stereocenters. The van der Waals surface area contributed by atoms with Crippen LogP contribution in [0.1, 0.15) is 23.2 Å². The third kappa shape index (κ3) is 1.90. The molecular formula is C16H14BrN3O2. The Hall–Kier alpha value is -2.08. The quantitative estimate of drug-likeness (QED) is 0.783. The van der Waals surface area contributed by atoms with Crippen molar-refractivity contribution in [2.45, 2.75) is 18.9 Å². The molecule has 6 heteroatoms. The zero-order valence-electron chi connectivity index (χ0n) is 12.0. The fourth-order valence-corrected chi connectivity index (χ4v) is 3.46. The predicted octanol–water partition coefficient (Wildman–Crippen LogP) is 3.24. The van der Waals surface area contributed by atoms with Crippen LogP contribution >= 0.6 is 15.9 Å². The van der Waals surface area contributed by atoms with Crippen LogP contribution in [0.4, 0.5) is 0 Å². The maximum Gasteiger partial charge on any atom is 0.283 e. The van der Waals surface area contributed by atoms with Crippen LogP contribution in [0.3, 0.4) is 0 Å². The lowest BCUT2D eigenvalue weighted by Gasteiger charge is -2.39. The number of ether oxygens (including phenoxy) is 2. The minimum atomic E-state index is -0.581. The number of aliphatic imine (C=N–C) groups is 1. The second-order valence-corrected chi connectivity index (χ2v) is 6.39. The Bertz CT molecular complexity index is 752. The van der Waals surface area contributed by atoms with Crippen LogP contribution in [0, 0.1) is 6.92 Å². The summed E-state index contributed by atoms with van der Waals surface area (Å²) in [6.45, 7) is 2.47. The number of rotatable bonds is 0. The van der Waals surface area contributed by atoms with Gasteiger partial charge in [0.2, 0.25) is 0 Å². The van der Waals surface area contributed by atoms with Crippen LogP contribution in [0.15, 0.2) is 39.9 Å². The van der Waals surface area contributed by atoms with E-state index in [-0.39, 0.29) is 6.02 Å². The van der Waals surface area contributed by atoms with Gasteiger partial charge >= 0.3 is 0 Å². The SMILES string of the molecule is Cc1cc2c(cn1)Oc1ccc(Br)cc1C21CCOC(N)=N1. The van der Waals surface area contributed by atoms with Crippen molar-refractivity contribution in [3.05, 3.63) is 51.8 Å². The lowest BCUT2D eigenvalue weighted by Crippen LogP contribution is -2.38. The number of hydrogen-bond donors (Lipinski definition) is 1. The molecule has 22 heavy (non-hydrogen) atoms. The fourth-order valence-electron chi connectivity index (χ4n) is 3.10. The number of fused-ring (bicyclic) bond motifs is 4. The maximum absolute atomic E-state index is 6.02. The first kappa shape index (κ1) is 13.6. The van der Waals surface area contributed by atoms with Crippen molar-refractivity contribution < 1.29 is 9.47 Å². The minimum absolute atomic E-state index is 0.208. The number of aryl methyl sites for hydroxylation is 1. The van der Waals surface area contributed by atoms with Crippen LogP contribution in [0.5, 0.6) is 11.5 Å². The Balaban J connectivity index is 2.05. The first-order valence-corrected chi connectivity index (χ1v) is 7.81. The third-order valence-corrected chi connectivity index (χ3v) is 4.56. The summed E-state index contributed by atoms with van der Waals surface area (Å²) in [6.07, 6.45) is 2.45. The van der Waals surface area contributed by atoms with E-state index in [0.717, 1.165) is 32.8 Å². The smallest absolute Gasteiger partial charge is 0.283 e. The van der Waals surface area contributed by atoms with Gasteiger partial charge < -0.3 is 15.2 Å². The molecule has 0 saturated heterocycles. The van der Waals surface area contributed by atoms with E-state index >= 15 is 0 Å². The molecule has 112 valence electrons. The van der Waals surface area contributed by atoms with Crippen LogP contribution in [-0.4, -0.2) is 17.6 Å². The average Bonchev–Trinajstić information content (AvgIpc) is 2.49. The summed E-state index contributed by atoms with van der Waals surface area (Å²) in [5.74, 6) is 1.50. The highest BCUT2D eigenvalue weighted by Crippen LogP contribution is 2.52. The molecule has 3 heterocycles. The lowest BCUT2D eigenvalue weighted by molar-refractivity contribution is 0.219. The highest BCUT2D eigenvalue weighted by atomic mass is 79.9. The van der Waals surface area contributed by atoms with Crippen LogP contribution < -0.4 is 10.5 Å². The Morgan fingerprint density at radius 2 is 2.05 bits per heavy atom. The minimum Gasteiger partial charge on any atom is -0.465 e. The van der Waals surface area contributed by atoms with Gasteiger partial charge in [0.05, 0.1) is 12.8 Å². The normalized spacial score (nSPS) is 22.2. The number of aromatic nitrogens is 1. The van der Waals surface area contributed by atoms with Crippen LogP contribution in [0.25, 0.3) is 0 Å². The fraction of sp³-hybridized carbons (Fsp3) is 0.250. The van der Waals surface area contributed by atoms with Gasteiger partial charge in [-0.2, -0.15) is 0 Å². The van der Waals surface area contributed by atoms with E-state index in [9.17, 15) is 0 Å². The van der Waals surface area contributed by atoms with Gasteiger partial charge in [0.15, 0.2) is 5.75 Å². The molecule has 1 aromatic carbocycles. The van der Waals surface area contributed by atoms with Crippen molar-refractivity contribution in [1.82, 2.24) is 4.98 Å². The van der Waals surface area contributed by atoms with Gasteiger partial charge in [0.25, 0.3) is 6.02 Å². The summed E-state index contributed by atoms with van der Waals surface area (Å²) < 4.78 is 12.3. The van der Waals surface area contributed by atoms with Gasteiger partial charge in [0.1, 0.15) is 11.3 Å². The summed E-state index contributed by atoms with van der Waals surface area (Å²) in [6, 6.07) is 8.15. The molecule has 0 fully saturated rings.